The second-order valence-corrected chi connectivity index (χ2v) is 4.96. The number of hydrogen-bond acceptors (Lipinski definition) is 3. The molecule has 0 saturated carbocycles. The maximum absolute atomic E-state index is 12.4. The molecule has 1 aromatic carbocycles. The average molecular weight is 267 g/mol. The lowest BCUT2D eigenvalue weighted by molar-refractivity contribution is -0.122. The molecule has 4 nitrogen and oxygen atoms in total. The predicted molar refractivity (Wildman–Crippen MR) is 77.0 cm³/mol. The van der Waals surface area contributed by atoms with E-state index in [0.717, 1.165) is 17.7 Å². The van der Waals surface area contributed by atoms with Crippen molar-refractivity contribution in [3.05, 3.63) is 65.5 Å². The summed E-state index contributed by atoms with van der Waals surface area (Å²) in [6, 6.07) is 12.0. The summed E-state index contributed by atoms with van der Waals surface area (Å²) in [6.07, 6.45) is 3.50. The van der Waals surface area contributed by atoms with Crippen LogP contribution in [0.1, 0.15) is 22.6 Å². The van der Waals surface area contributed by atoms with Gasteiger partial charge < -0.3 is 10.6 Å². The molecule has 1 unspecified atom stereocenters. The molecule has 1 amide bonds. The first kappa shape index (κ1) is 12.8. The Bertz CT molecular complexity index is 598. The number of amides is 1. The lowest BCUT2D eigenvalue weighted by Crippen LogP contribution is -2.38. The van der Waals surface area contributed by atoms with Crippen molar-refractivity contribution < 1.29 is 4.79 Å². The lowest BCUT2D eigenvalue weighted by Gasteiger charge is -2.25. The van der Waals surface area contributed by atoms with Crippen LogP contribution in [-0.2, 0) is 17.9 Å². The number of benzene rings is 1. The maximum Gasteiger partial charge on any atom is 0.229 e. The van der Waals surface area contributed by atoms with Gasteiger partial charge >= 0.3 is 0 Å². The van der Waals surface area contributed by atoms with E-state index in [2.05, 4.69) is 21.7 Å². The zero-order valence-corrected chi connectivity index (χ0v) is 11.2. The van der Waals surface area contributed by atoms with Crippen LogP contribution >= 0.6 is 0 Å². The largest absolute Gasteiger partial charge is 0.351 e. The third kappa shape index (κ3) is 2.70. The maximum atomic E-state index is 12.4. The summed E-state index contributed by atoms with van der Waals surface area (Å²) in [5, 5.41) is 6.29. The number of aromatic nitrogens is 1. The molecule has 1 aliphatic heterocycles. The molecule has 0 spiro atoms. The van der Waals surface area contributed by atoms with Gasteiger partial charge in [0.25, 0.3) is 0 Å². The Morgan fingerprint density at radius 1 is 1.30 bits per heavy atom. The molecule has 2 heterocycles. The lowest BCUT2D eigenvalue weighted by atomic mass is 9.90. The molecule has 2 N–H and O–H groups in total. The Hall–Kier alpha value is -2.20. The standard InChI is InChI=1S/C16H17N3O/c20-16(19-9-12-4-3-7-17-8-12)15-11-18-10-13-5-1-2-6-14(13)15/h1-8,15,18H,9-11H2,(H,19,20). The second kappa shape index (κ2) is 5.84. The zero-order valence-electron chi connectivity index (χ0n) is 11.2. The van der Waals surface area contributed by atoms with E-state index in [4.69, 9.17) is 0 Å². The van der Waals surface area contributed by atoms with Gasteiger partial charge in [-0.2, -0.15) is 0 Å². The van der Waals surface area contributed by atoms with Crippen molar-refractivity contribution in [2.75, 3.05) is 6.54 Å². The van der Waals surface area contributed by atoms with E-state index in [0.29, 0.717) is 13.1 Å². The number of pyridine rings is 1. The minimum Gasteiger partial charge on any atom is -0.351 e. The Labute approximate surface area is 118 Å². The molecule has 20 heavy (non-hydrogen) atoms. The van der Waals surface area contributed by atoms with Crippen LogP contribution in [0, 0.1) is 0 Å². The van der Waals surface area contributed by atoms with Crippen LogP contribution in [0.25, 0.3) is 0 Å². The first-order valence-electron chi connectivity index (χ1n) is 6.80. The molecule has 1 aromatic heterocycles. The molecular formula is C16H17N3O. The number of carbonyl (C=O) groups excluding carboxylic acids is 1. The molecule has 1 atom stereocenters. The van der Waals surface area contributed by atoms with Gasteiger partial charge in [0, 0.05) is 32.0 Å². The minimum absolute atomic E-state index is 0.0634. The third-order valence-corrected chi connectivity index (χ3v) is 3.60. The topological polar surface area (TPSA) is 54.0 Å². The highest BCUT2D eigenvalue weighted by molar-refractivity contribution is 5.84. The number of carbonyl (C=O) groups is 1. The van der Waals surface area contributed by atoms with Gasteiger partial charge in [-0.15, -0.1) is 0 Å². The summed E-state index contributed by atoms with van der Waals surface area (Å²) >= 11 is 0. The molecule has 1 aliphatic rings. The van der Waals surface area contributed by atoms with E-state index in [1.807, 2.05) is 30.3 Å². The molecule has 0 saturated heterocycles. The Morgan fingerprint density at radius 2 is 2.20 bits per heavy atom. The van der Waals surface area contributed by atoms with Crippen LogP contribution < -0.4 is 10.6 Å². The summed E-state index contributed by atoms with van der Waals surface area (Å²) in [5.41, 5.74) is 3.35. The van der Waals surface area contributed by atoms with Crippen LogP contribution in [-0.4, -0.2) is 17.4 Å². The van der Waals surface area contributed by atoms with E-state index in [-0.39, 0.29) is 11.8 Å². The van der Waals surface area contributed by atoms with Crippen molar-refractivity contribution in [2.24, 2.45) is 0 Å². The summed E-state index contributed by atoms with van der Waals surface area (Å²) in [5.74, 6) is -0.0508. The predicted octanol–water partition coefficient (Wildman–Crippen LogP) is 1.58. The Balaban J connectivity index is 1.69. The highest BCUT2D eigenvalue weighted by Gasteiger charge is 2.25. The zero-order chi connectivity index (χ0) is 13.8. The number of nitrogens with zero attached hydrogens (tertiary/aromatic N) is 1. The normalized spacial score (nSPS) is 17.3. The molecule has 3 rings (SSSR count). The quantitative estimate of drug-likeness (QED) is 0.888. The van der Waals surface area contributed by atoms with Crippen LogP contribution in [0.2, 0.25) is 0 Å². The molecule has 4 heteroatoms. The molecule has 0 bridgehead atoms. The molecule has 2 aromatic rings. The molecule has 0 aliphatic carbocycles. The van der Waals surface area contributed by atoms with Crippen LogP contribution in [0.4, 0.5) is 0 Å². The second-order valence-electron chi connectivity index (χ2n) is 4.96. The third-order valence-electron chi connectivity index (χ3n) is 3.60. The molecule has 0 fully saturated rings. The van der Waals surface area contributed by atoms with Crippen LogP contribution in [0.15, 0.2) is 48.8 Å². The summed E-state index contributed by atoms with van der Waals surface area (Å²) in [6.45, 7) is 2.05. The highest BCUT2D eigenvalue weighted by Crippen LogP contribution is 2.23. The van der Waals surface area contributed by atoms with Crippen LogP contribution in [0.5, 0.6) is 0 Å². The van der Waals surface area contributed by atoms with Crippen molar-refractivity contribution in [1.29, 1.82) is 0 Å². The number of fused-ring (bicyclic) bond motifs is 1. The van der Waals surface area contributed by atoms with Gasteiger partial charge in [-0.3, -0.25) is 9.78 Å². The first-order valence-corrected chi connectivity index (χ1v) is 6.80. The average Bonchev–Trinajstić information content (AvgIpc) is 2.53. The van der Waals surface area contributed by atoms with Crippen molar-refractivity contribution in [3.8, 4) is 0 Å². The SMILES string of the molecule is O=C(NCc1cccnc1)C1CNCc2ccccc21. The fourth-order valence-corrected chi connectivity index (χ4v) is 2.55. The van der Waals surface area contributed by atoms with Crippen molar-refractivity contribution in [3.63, 3.8) is 0 Å². The van der Waals surface area contributed by atoms with Gasteiger partial charge in [0.15, 0.2) is 0 Å². The minimum atomic E-state index is -0.114. The number of nitrogens with one attached hydrogen (secondary N) is 2. The molecular weight excluding hydrogens is 250 g/mol. The van der Waals surface area contributed by atoms with Crippen LogP contribution in [0.3, 0.4) is 0 Å². The molecule has 0 radical (unpaired) electrons. The Kier molecular flexibility index (Phi) is 3.74. The Morgan fingerprint density at radius 3 is 3.05 bits per heavy atom. The van der Waals surface area contributed by atoms with Gasteiger partial charge in [-0.05, 0) is 22.8 Å². The fourth-order valence-electron chi connectivity index (χ4n) is 2.55. The van der Waals surface area contributed by atoms with Crippen molar-refractivity contribution >= 4 is 5.91 Å². The smallest absolute Gasteiger partial charge is 0.229 e. The van der Waals surface area contributed by atoms with Gasteiger partial charge in [-0.25, -0.2) is 0 Å². The van der Waals surface area contributed by atoms with Crippen molar-refractivity contribution in [2.45, 2.75) is 19.0 Å². The summed E-state index contributed by atoms with van der Waals surface area (Å²) in [7, 11) is 0. The van der Waals surface area contributed by atoms with Gasteiger partial charge in [0.2, 0.25) is 5.91 Å². The van der Waals surface area contributed by atoms with E-state index in [9.17, 15) is 4.79 Å². The van der Waals surface area contributed by atoms with E-state index in [1.165, 1.54) is 5.56 Å². The van der Waals surface area contributed by atoms with E-state index >= 15 is 0 Å². The fraction of sp³-hybridized carbons (Fsp3) is 0.250. The first-order chi connectivity index (χ1) is 9.84. The van der Waals surface area contributed by atoms with E-state index in [1.54, 1.807) is 12.4 Å². The van der Waals surface area contributed by atoms with Gasteiger partial charge in [-0.1, -0.05) is 30.3 Å². The van der Waals surface area contributed by atoms with Gasteiger partial charge in [0.1, 0.15) is 0 Å². The highest BCUT2D eigenvalue weighted by atomic mass is 16.1. The molecule has 102 valence electrons. The van der Waals surface area contributed by atoms with E-state index < -0.39 is 0 Å². The summed E-state index contributed by atoms with van der Waals surface area (Å²) in [4.78, 5) is 16.4. The number of rotatable bonds is 3. The number of hydrogen-bond donors (Lipinski definition) is 2. The van der Waals surface area contributed by atoms with Crippen molar-refractivity contribution in [1.82, 2.24) is 15.6 Å². The summed E-state index contributed by atoms with van der Waals surface area (Å²) < 4.78 is 0. The monoisotopic (exact) mass is 267 g/mol. The van der Waals surface area contributed by atoms with Gasteiger partial charge in [0.05, 0.1) is 5.92 Å².